The summed E-state index contributed by atoms with van der Waals surface area (Å²) < 4.78 is 8.23. The van der Waals surface area contributed by atoms with E-state index >= 15 is 0 Å². The molecule has 0 radical (unpaired) electrons. The van der Waals surface area contributed by atoms with Gasteiger partial charge in [-0.1, -0.05) is 42.5 Å². The number of nitrogens with zero attached hydrogens (tertiary/aromatic N) is 2. The standard InChI is InChI=1S/C26H28N2O4/c29-25(13-23-21-7-3-4-8-22(21)24-14-27-16-28(23)24)17-9-11-19(12-10-17)32-15-18-5-1-2-6-20(18)26(30)31/h1-8,14,16-17,19,23,25,29H,9-13,15H2,(H,30,31). The van der Waals surface area contributed by atoms with Crippen molar-refractivity contribution in [2.45, 2.75) is 57.0 Å². The van der Waals surface area contributed by atoms with Crippen LogP contribution in [-0.2, 0) is 11.3 Å². The molecule has 0 amide bonds. The summed E-state index contributed by atoms with van der Waals surface area (Å²) in [6.45, 7) is 0.308. The smallest absolute Gasteiger partial charge is 0.336 e. The van der Waals surface area contributed by atoms with Crippen molar-refractivity contribution in [3.63, 3.8) is 0 Å². The highest BCUT2D eigenvalue weighted by molar-refractivity contribution is 5.89. The number of hydrogen-bond donors (Lipinski definition) is 2. The Labute approximate surface area is 187 Å². The molecule has 2 unspecified atom stereocenters. The van der Waals surface area contributed by atoms with E-state index in [2.05, 4.69) is 27.8 Å². The molecule has 2 N–H and O–H groups in total. The molecule has 1 fully saturated rings. The van der Waals surface area contributed by atoms with Gasteiger partial charge in [0.2, 0.25) is 0 Å². The fraction of sp³-hybridized carbons (Fsp3) is 0.385. The SMILES string of the molecule is O=C(O)c1ccccc1COC1CCC(C(O)CC2c3ccccc3-c3cncn32)CC1. The van der Waals surface area contributed by atoms with Gasteiger partial charge in [-0.2, -0.15) is 0 Å². The number of fused-ring (bicyclic) bond motifs is 3. The summed E-state index contributed by atoms with van der Waals surface area (Å²) in [7, 11) is 0. The number of carbonyl (C=O) groups is 1. The van der Waals surface area contributed by atoms with Gasteiger partial charge in [-0.05, 0) is 55.2 Å². The summed E-state index contributed by atoms with van der Waals surface area (Å²) in [6, 6.07) is 15.5. The number of aliphatic hydroxyl groups is 1. The molecule has 3 aromatic rings. The third-order valence-electron chi connectivity index (χ3n) is 7.05. The topological polar surface area (TPSA) is 84.6 Å². The van der Waals surface area contributed by atoms with Crippen LogP contribution in [0, 0.1) is 5.92 Å². The van der Waals surface area contributed by atoms with E-state index in [9.17, 15) is 15.0 Å². The Bertz CT molecular complexity index is 1100. The van der Waals surface area contributed by atoms with Gasteiger partial charge in [0, 0.05) is 5.56 Å². The molecule has 1 aliphatic heterocycles. The van der Waals surface area contributed by atoms with Crippen LogP contribution >= 0.6 is 0 Å². The number of carboxylic acids is 1. The lowest BCUT2D eigenvalue weighted by Gasteiger charge is -2.33. The molecular weight excluding hydrogens is 404 g/mol. The molecule has 1 saturated carbocycles. The van der Waals surface area contributed by atoms with Crippen molar-refractivity contribution in [2.24, 2.45) is 5.92 Å². The first-order valence-corrected chi connectivity index (χ1v) is 11.3. The Morgan fingerprint density at radius 2 is 1.84 bits per heavy atom. The maximum Gasteiger partial charge on any atom is 0.336 e. The van der Waals surface area contributed by atoms with Gasteiger partial charge in [-0.3, -0.25) is 0 Å². The lowest BCUT2D eigenvalue weighted by Crippen LogP contribution is -2.30. The zero-order chi connectivity index (χ0) is 22.1. The zero-order valence-electron chi connectivity index (χ0n) is 17.9. The molecule has 0 saturated heterocycles. The Balaban J connectivity index is 1.17. The van der Waals surface area contributed by atoms with Crippen molar-refractivity contribution in [3.05, 3.63) is 77.7 Å². The maximum atomic E-state index is 11.4. The number of imidazole rings is 1. The van der Waals surface area contributed by atoms with Crippen molar-refractivity contribution < 1.29 is 19.7 Å². The van der Waals surface area contributed by atoms with Crippen molar-refractivity contribution in [2.75, 3.05) is 0 Å². The first-order valence-electron chi connectivity index (χ1n) is 11.3. The minimum absolute atomic E-state index is 0.104. The number of hydrogen-bond acceptors (Lipinski definition) is 4. The summed E-state index contributed by atoms with van der Waals surface area (Å²) in [5.41, 5.74) is 4.60. The van der Waals surface area contributed by atoms with Crippen molar-refractivity contribution >= 4 is 5.97 Å². The second-order valence-corrected chi connectivity index (χ2v) is 8.90. The van der Waals surface area contributed by atoms with Crippen LogP contribution in [0.3, 0.4) is 0 Å². The molecule has 0 bridgehead atoms. The number of aliphatic hydroxyl groups excluding tert-OH is 1. The molecule has 2 atom stereocenters. The predicted octanol–water partition coefficient (Wildman–Crippen LogP) is 4.68. The molecule has 2 aromatic carbocycles. The fourth-order valence-electron chi connectivity index (χ4n) is 5.30. The highest BCUT2D eigenvalue weighted by atomic mass is 16.5. The van der Waals surface area contributed by atoms with E-state index in [1.165, 1.54) is 11.1 Å². The van der Waals surface area contributed by atoms with Crippen molar-refractivity contribution in [3.8, 4) is 11.3 Å². The lowest BCUT2D eigenvalue weighted by atomic mass is 9.81. The van der Waals surface area contributed by atoms with Crippen LogP contribution in [0.5, 0.6) is 0 Å². The highest BCUT2D eigenvalue weighted by Crippen LogP contribution is 2.42. The molecule has 2 heterocycles. The quantitative estimate of drug-likeness (QED) is 0.566. The van der Waals surface area contributed by atoms with Gasteiger partial charge in [0.15, 0.2) is 0 Å². The van der Waals surface area contributed by atoms with Gasteiger partial charge in [-0.15, -0.1) is 0 Å². The summed E-state index contributed by atoms with van der Waals surface area (Å²) in [5, 5.41) is 20.4. The van der Waals surface area contributed by atoms with Gasteiger partial charge < -0.3 is 19.5 Å². The Morgan fingerprint density at radius 1 is 1.09 bits per heavy atom. The normalized spacial score (nSPS) is 22.8. The van der Waals surface area contributed by atoms with E-state index < -0.39 is 5.97 Å². The second kappa shape index (κ2) is 8.88. The molecule has 166 valence electrons. The van der Waals surface area contributed by atoms with Crippen LogP contribution in [0.25, 0.3) is 11.3 Å². The number of benzene rings is 2. The van der Waals surface area contributed by atoms with Crippen LogP contribution < -0.4 is 0 Å². The lowest BCUT2D eigenvalue weighted by molar-refractivity contribution is -0.0163. The van der Waals surface area contributed by atoms with Crippen molar-refractivity contribution in [1.29, 1.82) is 0 Å². The Hall–Kier alpha value is -2.96. The highest BCUT2D eigenvalue weighted by Gasteiger charge is 2.33. The predicted molar refractivity (Wildman–Crippen MR) is 120 cm³/mol. The van der Waals surface area contributed by atoms with Crippen LogP contribution in [0.1, 0.15) is 59.6 Å². The van der Waals surface area contributed by atoms with Gasteiger partial charge >= 0.3 is 5.97 Å². The third-order valence-corrected chi connectivity index (χ3v) is 7.05. The van der Waals surface area contributed by atoms with E-state index in [0.717, 1.165) is 31.4 Å². The minimum atomic E-state index is -0.925. The average Bonchev–Trinajstić information content (AvgIpc) is 3.41. The van der Waals surface area contributed by atoms with E-state index in [-0.39, 0.29) is 24.2 Å². The number of ether oxygens (including phenoxy) is 1. The van der Waals surface area contributed by atoms with Crippen LogP contribution in [0.15, 0.2) is 61.1 Å². The molecule has 1 aromatic heterocycles. The van der Waals surface area contributed by atoms with Crippen LogP contribution in [0.2, 0.25) is 0 Å². The Kier molecular flexibility index (Phi) is 5.81. The van der Waals surface area contributed by atoms with Crippen LogP contribution in [-0.4, -0.2) is 37.9 Å². The monoisotopic (exact) mass is 432 g/mol. The number of carboxylic acid groups (broad SMARTS) is 1. The molecule has 2 aliphatic rings. The van der Waals surface area contributed by atoms with Gasteiger partial charge in [0.1, 0.15) is 0 Å². The van der Waals surface area contributed by atoms with E-state index in [1.54, 1.807) is 12.1 Å². The number of aromatic nitrogens is 2. The molecule has 32 heavy (non-hydrogen) atoms. The van der Waals surface area contributed by atoms with Crippen LogP contribution in [0.4, 0.5) is 0 Å². The summed E-state index contributed by atoms with van der Waals surface area (Å²) in [4.78, 5) is 15.7. The fourth-order valence-corrected chi connectivity index (χ4v) is 5.30. The molecule has 6 nitrogen and oxygen atoms in total. The van der Waals surface area contributed by atoms with E-state index in [0.29, 0.717) is 24.2 Å². The molecular formula is C26H28N2O4. The minimum Gasteiger partial charge on any atom is -0.478 e. The van der Waals surface area contributed by atoms with Crippen molar-refractivity contribution in [1.82, 2.24) is 9.55 Å². The summed E-state index contributed by atoms with van der Waals surface area (Å²) in [5.74, 6) is -0.675. The first-order chi connectivity index (χ1) is 15.6. The second-order valence-electron chi connectivity index (χ2n) is 8.90. The average molecular weight is 433 g/mol. The van der Waals surface area contributed by atoms with Gasteiger partial charge in [0.25, 0.3) is 0 Å². The Morgan fingerprint density at radius 3 is 2.66 bits per heavy atom. The molecule has 6 heteroatoms. The zero-order valence-corrected chi connectivity index (χ0v) is 17.9. The number of rotatable bonds is 7. The van der Waals surface area contributed by atoms with Gasteiger partial charge in [-0.25, -0.2) is 9.78 Å². The molecule has 5 rings (SSSR count). The van der Waals surface area contributed by atoms with E-state index in [4.69, 9.17) is 4.74 Å². The van der Waals surface area contributed by atoms with E-state index in [1.807, 2.05) is 30.7 Å². The largest absolute Gasteiger partial charge is 0.478 e. The molecule has 0 spiro atoms. The summed E-state index contributed by atoms with van der Waals surface area (Å²) in [6.07, 6.45) is 7.77. The van der Waals surface area contributed by atoms with Gasteiger partial charge in [0.05, 0.1) is 48.6 Å². The summed E-state index contributed by atoms with van der Waals surface area (Å²) >= 11 is 0. The number of aromatic carboxylic acids is 1. The maximum absolute atomic E-state index is 11.4. The molecule has 1 aliphatic carbocycles. The first kappa shape index (κ1) is 20.9. The third kappa shape index (κ3) is 3.96.